The highest BCUT2D eigenvalue weighted by atomic mass is 16.5. The molecule has 2 amide bonds. The Morgan fingerprint density at radius 2 is 2.04 bits per heavy atom. The standard InChI is InChI=1S/C21H24N2O2/c1-14-10-11-20-19(12-14)23(13-15(2)25-20)21(24)22-18-9-5-7-16-6-3-4-8-17(16)18/h5,7,9-12,15H,3-4,6,8,13H2,1-2H3,(H,22,24). The maximum Gasteiger partial charge on any atom is 0.326 e. The van der Waals surface area contributed by atoms with E-state index in [0.717, 1.165) is 35.5 Å². The molecular weight excluding hydrogens is 312 g/mol. The predicted octanol–water partition coefficient (Wildman–Crippen LogP) is 4.69. The minimum absolute atomic E-state index is 0.0226. The first-order chi connectivity index (χ1) is 12.1. The molecule has 4 nitrogen and oxygen atoms in total. The van der Waals surface area contributed by atoms with Gasteiger partial charge in [0.1, 0.15) is 11.9 Å². The van der Waals surface area contributed by atoms with Crippen molar-refractivity contribution in [1.29, 1.82) is 0 Å². The molecule has 1 aliphatic carbocycles. The fraction of sp³-hybridized carbons (Fsp3) is 0.381. The maximum absolute atomic E-state index is 13.0. The van der Waals surface area contributed by atoms with Crippen molar-refractivity contribution in [1.82, 2.24) is 0 Å². The van der Waals surface area contributed by atoms with Crippen molar-refractivity contribution >= 4 is 17.4 Å². The highest BCUT2D eigenvalue weighted by Crippen LogP contribution is 2.35. The van der Waals surface area contributed by atoms with Gasteiger partial charge in [-0.1, -0.05) is 18.2 Å². The molecule has 0 radical (unpaired) electrons. The van der Waals surface area contributed by atoms with Gasteiger partial charge in [-0.25, -0.2) is 4.79 Å². The number of carbonyl (C=O) groups excluding carboxylic acids is 1. The number of benzene rings is 2. The number of aryl methyl sites for hydroxylation is 2. The number of fused-ring (bicyclic) bond motifs is 2. The monoisotopic (exact) mass is 336 g/mol. The first-order valence-electron chi connectivity index (χ1n) is 9.08. The van der Waals surface area contributed by atoms with E-state index in [0.29, 0.717) is 6.54 Å². The number of hydrogen-bond donors (Lipinski definition) is 1. The third-order valence-corrected chi connectivity index (χ3v) is 5.06. The molecule has 0 saturated carbocycles. The summed E-state index contributed by atoms with van der Waals surface area (Å²) >= 11 is 0. The molecule has 4 rings (SSSR count). The van der Waals surface area contributed by atoms with Crippen molar-refractivity contribution in [2.75, 3.05) is 16.8 Å². The van der Waals surface area contributed by atoms with Crippen LogP contribution in [0.5, 0.6) is 5.75 Å². The molecule has 0 saturated heterocycles. The van der Waals surface area contributed by atoms with E-state index in [1.807, 2.05) is 44.2 Å². The summed E-state index contributed by atoms with van der Waals surface area (Å²) in [5.74, 6) is 0.773. The quantitative estimate of drug-likeness (QED) is 0.820. The Hall–Kier alpha value is -2.49. The largest absolute Gasteiger partial charge is 0.487 e. The summed E-state index contributed by atoms with van der Waals surface area (Å²) in [7, 11) is 0. The van der Waals surface area contributed by atoms with Crippen molar-refractivity contribution in [3.63, 3.8) is 0 Å². The second kappa shape index (κ2) is 6.43. The minimum atomic E-state index is -0.0824. The molecule has 4 heteroatoms. The molecular formula is C21H24N2O2. The fourth-order valence-corrected chi connectivity index (χ4v) is 3.82. The molecule has 25 heavy (non-hydrogen) atoms. The molecule has 1 heterocycles. The number of nitrogens with one attached hydrogen (secondary N) is 1. The van der Waals surface area contributed by atoms with Crippen LogP contribution in [0.25, 0.3) is 0 Å². The highest BCUT2D eigenvalue weighted by Gasteiger charge is 2.28. The van der Waals surface area contributed by atoms with Crippen LogP contribution in [-0.4, -0.2) is 18.7 Å². The van der Waals surface area contributed by atoms with E-state index in [9.17, 15) is 4.79 Å². The second-order valence-electron chi connectivity index (χ2n) is 7.09. The lowest BCUT2D eigenvalue weighted by Crippen LogP contribution is -2.44. The number of rotatable bonds is 1. The fourth-order valence-electron chi connectivity index (χ4n) is 3.82. The van der Waals surface area contributed by atoms with E-state index >= 15 is 0 Å². The van der Waals surface area contributed by atoms with Crippen LogP contribution in [-0.2, 0) is 12.8 Å². The molecule has 0 fully saturated rings. The van der Waals surface area contributed by atoms with E-state index in [-0.39, 0.29) is 12.1 Å². The molecule has 2 aromatic carbocycles. The van der Waals surface area contributed by atoms with Gasteiger partial charge < -0.3 is 10.1 Å². The zero-order chi connectivity index (χ0) is 17.4. The molecule has 1 unspecified atom stereocenters. The molecule has 0 bridgehead atoms. The summed E-state index contributed by atoms with van der Waals surface area (Å²) in [4.78, 5) is 14.8. The first kappa shape index (κ1) is 16.0. The van der Waals surface area contributed by atoms with Crippen LogP contribution in [0.15, 0.2) is 36.4 Å². The van der Waals surface area contributed by atoms with Crippen LogP contribution in [0.2, 0.25) is 0 Å². The number of anilines is 2. The average molecular weight is 336 g/mol. The highest BCUT2D eigenvalue weighted by molar-refractivity contribution is 6.03. The van der Waals surface area contributed by atoms with Gasteiger partial charge >= 0.3 is 6.03 Å². The van der Waals surface area contributed by atoms with E-state index < -0.39 is 0 Å². The van der Waals surface area contributed by atoms with Gasteiger partial charge in [0, 0.05) is 5.69 Å². The van der Waals surface area contributed by atoms with Crippen LogP contribution in [0, 0.1) is 6.92 Å². The van der Waals surface area contributed by atoms with Crippen LogP contribution >= 0.6 is 0 Å². The summed E-state index contributed by atoms with van der Waals surface area (Å²) in [5, 5.41) is 3.15. The third-order valence-electron chi connectivity index (χ3n) is 5.06. The first-order valence-corrected chi connectivity index (χ1v) is 9.08. The van der Waals surface area contributed by atoms with Gasteiger partial charge in [-0.05, 0) is 74.4 Å². The van der Waals surface area contributed by atoms with Crippen molar-refractivity contribution < 1.29 is 9.53 Å². The zero-order valence-electron chi connectivity index (χ0n) is 14.8. The summed E-state index contributed by atoms with van der Waals surface area (Å²) in [6.07, 6.45) is 4.55. The smallest absolute Gasteiger partial charge is 0.326 e. The molecule has 0 aromatic heterocycles. The number of urea groups is 1. The number of carbonyl (C=O) groups is 1. The van der Waals surface area contributed by atoms with E-state index in [1.165, 1.54) is 24.0 Å². The average Bonchev–Trinajstić information content (AvgIpc) is 2.61. The van der Waals surface area contributed by atoms with Crippen molar-refractivity contribution in [2.45, 2.75) is 45.6 Å². The Kier molecular flexibility index (Phi) is 4.12. The van der Waals surface area contributed by atoms with Crippen LogP contribution < -0.4 is 15.0 Å². The Labute approximate surface area is 148 Å². The Morgan fingerprint density at radius 1 is 1.20 bits per heavy atom. The lowest BCUT2D eigenvalue weighted by Gasteiger charge is -2.34. The Morgan fingerprint density at radius 3 is 2.92 bits per heavy atom. The molecule has 2 aliphatic rings. The topological polar surface area (TPSA) is 41.6 Å². The molecule has 1 atom stereocenters. The maximum atomic E-state index is 13.0. The molecule has 0 spiro atoms. The van der Waals surface area contributed by atoms with Gasteiger partial charge in [0.05, 0.1) is 12.2 Å². The molecule has 1 aliphatic heterocycles. The van der Waals surface area contributed by atoms with E-state index in [2.05, 4.69) is 11.4 Å². The normalized spacial score (nSPS) is 18.8. The SMILES string of the molecule is Cc1ccc2c(c1)N(C(=O)Nc1cccc3c1CCCC3)CC(C)O2. The van der Waals surface area contributed by atoms with Crippen molar-refractivity contribution in [3.8, 4) is 5.75 Å². The van der Waals surface area contributed by atoms with Gasteiger partial charge in [-0.15, -0.1) is 0 Å². The van der Waals surface area contributed by atoms with Gasteiger partial charge in [0.2, 0.25) is 0 Å². The molecule has 130 valence electrons. The van der Waals surface area contributed by atoms with Crippen molar-refractivity contribution in [2.24, 2.45) is 0 Å². The summed E-state index contributed by atoms with van der Waals surface area (Å²) in [6, 6.07) is 12.1. The Bertz CT molecular complexity index is 816. The summed E-state index contributed by atoms with van der Waals surface area (Å²) < 4.78 is 5.89. The number of hydrogen-bond acceptors (Lipinski definition) is 2. The lowest BCUT2D eigenvalue weighted by molar-refractivity contribution is 0.208. The predicted molar refractivity (Wildman–Crippen MR) is 101 cm³/mol. The van der Waals surface area contributed by atoms with Gasteiger partial charge in [-0.3, -0.25) is 4.90 Å². The van der Waals surface area contributed by atoms with E-state index in [1.54, 1.807) is 4.90 Å². The third kappa shape index (κ3) is 3.09. The van der Waals surface area contributed by atoms with Gasteiger partial charge in [0.15, 0.2) is 0 Å². The van der Waals surface area contributed by atoms with E-state index in [4.69, 9.17) is 4.74 Å². The number of amides is 2. The minimum Gasteiger partial charge on any atom is -0.487 e. The second-order valence-corrected chi connectivity index (χ2v) is 7.09. The summed E-state index contributed by atoms with van der Waals surface area (Å²) in [6.45, 7) is 4.58. The molecule has 1 N–H and O–H groups in total. The molecule has 2 aromatic rings. The van der Waals surface area contributed by atoms with Crippen LogP contribution in [0.3, 0.4) is 0 Å². The zero-order valence-corrected chi connectivity index (χ0v) is 14.8. The number of ether oxygens (including phenoxy) is 1. The van der Waals surface area contributed by atoms with Crippen molar-refractivity contribution in [3.05, 3.63) is 53.1 Å². The number of nitrogens with zero attached hydrogens (tertiary/aromatic N) is 1. The van der Waals surface area contributed by atoms with Gasteiger partial charge in [0.25, 0.3) is 0 Å². The summed E-state index contributed by atoms with van der Waals surface area (Å²) in [5.41, 5.74) is 5.59. The van der Waals surface area contributed by atoms with Crippen LogP contribution in [0.1, 0.15) is 36.5 Å². The van der Waals surface area contributed by atoms with Crippen LogP contribution in [0.4, 0.5) is 16.2 Å². The Balaban J connectivity index is 1.63. The van der Waals surface area contributed by atoms with Gasteiger partial charge in [-0.2, -0.15) is 0 Å². The lowest BCUT2D eigenvalue weighted by atomic mass is 9.90.